The van der Waals surface area contributed by atoms with Gasteiger partial charge in [-0.15, -0.1) is 11.3 Å². The predicted octanol–water partition coefficient (Wildman–Crippen LogP) is 5.06. The fourth-order valence-corrected chi connectivity index (χ4v) is 7.41. The Morgan fingerprint density at radius 3 is 2.59 bits per heavy atom. The molecule has 0 unspecified atom stereocenters. The minimum absolute atomic E-state index is 0.110. The summed E-state index contributed by atoms with van der Waals surface area (Å²) in [7, 11) is -3.73. The van der Waals surface area contributed by atoms with Crippen LogP contribution in [0, 0.1) is 0 Å². The van der Waals surface area contributed by atoms with Crippen molar-refractivity contribution in [2.24, 2.45) is 0 Å². The van der Waals surface area contributed by atoms with Gasteiger partial charge in [-0.05, 0) is 42.0 Å². The average molecular weight is 695 g/mol. The Balaban J connectivity index is 1.10. The zero-order chi connectivity index (χ0) is 33.6. The third kappa shape index (κ3) is 7.85. The van der Waals surface area contributed by atoms with Crippen LogP contribution in [0.2, 0.25) is 0 Å². The Kier molecular flexibility index (Phi) is 9.72. The van der Waals surface area contributed by atoms with Crippen LogP contribution in [0.5, 0.6) is 0 Å². The van der Waals surface area contributed by atoms with Gasteiger partial charge in [-0.3, -0.25) is 14.1 Å². The van der Waals surface area contributed by atoms with Gasteiger partial charge in [0.25, 0.3) is 0 Å². The molecule has 1 fully saturated rings. The number of anilines is 3. The first-order valence-corrected chi connectivity index (χ1v) is 18.2. The van der Waals surface area contributed by atoms with Crippen molar-refractivity contribution in [2.75, 3.05) is 50.0 Å². The van der Waals surface area contributed by atoms with E-state index in [4.69, 9.17) is 14.7 Å². The van der Waals surface area contributed by atoms with Crippen LogP contribution >= 0.6 is 11.3 Å². The van der Waals surface area contributed by atoms with Crippen LogP contribution in [0.3, 0.4) is 0 Å². The lowest BCUT2D eigenvalue weighted by Crippen LogP contribution is -2.41. The van der Waals surface area contributed by atoms with Crippen molar-refractivity contribution in [3.8, 4) is 22.6 Å². The molecule has 0 spiro atoms. The van der Waals surface area contributed by atoms with E-state index in [1.807, 2.05) is 70.6 Å². The number of amides is 1. The number of rotatable bonds is 12. The molecule has 1 aliphatic rings. The summed E-state index contributed by atoms with van der Waals surface area (Å²) in [6.07, 6.45) is 3.86. The van der Waals surface area contributed by atoms with Gasteiger partial charge in [0.15, 0.2) is 4.96 Å². The summed E-state index contributed by atoms with van der Waals surface area (Å²) in [5.41, 5.74) is 5.02. The molecule has 0 saturated carbocycles. The van der Waals surface area contributed by atoms with E-state index in [1.54, 1.807) is 36.5 Å². The summed E-state index contributed by atoms with van der Waals surface area (Å²) in [6.45, 7) is 3.82. The second-order valence-electron chi connectivity index (χ2n) is 11.4. The van der Waals surface area contributed by atoms with Gasteiger partial charge in [0, 0.05) is 60.9 Å². The number of morpholine rings is 1. The van der Waals surface area contributed by atoms with Crippen molar-refractivity contribution in [1.82, 2.24) is 29.0 Å². The molecule has 250 valence electrons. The van der Waals surface area contributed by atoms with Crippen LogP contribution in [0.4, 0.5) is 17.3 Å². The first kappa shape index (κ1) is 32.6. The standard InChI is InChI=1S/C35H34N8O4S2/c44-31(22-25-6-2-1-3-7-25)38-27-9-4-8-26(23-27)32-33(43-18-21-48-35(43)41-32)30-12-13-36-34(40-30)39-28-10-5-11-29(24-28)49(45,46)37-14-15-42-16-19-47-20-17-42/h1-13,18,21,23-24,37H,14-17,19-20,22H2,(H,38,44)(H,36,39,40). The lowest BCUT2D eigenvalue weighted by molar-refractivity contribution is -0.115. The number of nitrogens with one attached hydrogen (secondary N) is 3. The van der Waals surface area contributed by atoms with Gasteiger partial charge in [-0.25, -0.2) is 28.1 Å². The second-order valence-corrected chi connectivity index (χ2v) is 14.1. The third-order valence-corrected chi connectivity index (χ3v) is 10.2. The number of thiazole rings is 1. The van der Waals surface area contributed by atoms with Gasteiger partial charge < -0.3 is 15.4 Å². The van der Waals surface area contributed by atoms with Gasteiger partial charge in [-0.1, -0.05) is 48.5 Å². The quantitative estimate of drug-likeness (QED) is 0.160. The number of fused-ring (bicyclic) bond motifs is 1. The molecule has 1 aliphatic heterocycles. The van der Waals surface area contributed by atoms with Crippen molar-refractivity contribution in [1.29, 1.82) is 0 Å². The van der Waals surface area contributed by atoms with Crippen LogP contribution in [0.25, 0.3) is 27.6 Å². The number of hydrogen-bond donors (Lipinski definition) is 3. The molecule has 12 nitrogen and oxygen atoms in total. The number of carbonyl (C=O) groups excluding carboxylic acids is 1. The molecule has 7 rings (SSSR count). The van der Waals surface area contributed by atoms with Gasteiger partial charge in [0.1, 0.15) is 5.69 Å². The lowest BCUT2D eigenvalue weighted by Gasteiger charge is -2.26. The molecule has 0 aliphatic carbocycles. The number of benzene rings is 3. The summed E-state index contributed by atoms with van der Waals surface area (Å²) >= 11 is 1.50. The predicted molar refractivity (Wildman–Crippen MR) is 190 cm³/mol. The number of nitrogens with zero attached hydrogens (tertiary/aromatic N) is 5. The molecular weight excluding hydrogens is 661 g/mol. The highest BCUT2D eigenvalue weighted by molar-refractivity contribution is 7.89. The minimum atomic E-state index is -3.73. The molecule has 3 N–H and O–H groups in total. The topological polar surface area (TPSA) is 143 Å². The zero-order valence-corrected chi connectivity index (χ0v) is 28.1. The van der Waals surface area contributed by atoms with E-state index in [0.29, 0.717) is 55.0 Å². The van der Waals surface area contributed by atoms with Crippen LogP contribution < -0.4 is 15.4 Å². The maximum Gasteiger partial charge on any atom is 0.240 e. The second kappa shape index (κ2) is 14.6. The summed E-state index contributed by atoms with van der Waals surface area (Å²) in [4.78, 5) is 30.0. The molecule has 3 aromatic carbocycles. The number of ether oxygens (including phenoxy) is 1. The van der Waals surface area contributed by atoms with Crippen molar-refractivity contribution in [3.05, 3.63) is 108 Å². The first-order chi connectivity index (χ1) is 23.9. The number of aromatic nitrogens is 4. The van der Waals surface area contributed by atoms with E-state index in [1.165, 1.54) is 11.3 Å². The summed E-state index contributed by atoms with van der Waals surface area (Å²) in [5, 5.41) is 8.13. The van der Waals surface area contributed by atoms with Crippen molar-refractivity contribution < 1.29 is 17.9 Å². The van der Waals surface area contributed by atoms with E-state index in [9.17, 15) is 13.2 Å². The van der Waals surface area contributed by atoms with Crippen molar-refractivity contribution in [2.45, 2.75) is 11.3 Å². The maximum absolute atomic E-state index is 13.1. The Morgan fingerprint density at radius 1 is 0.918 bits per heavy atom. The maximum atomic E-state index is 13.1. The van der Waals surface area contributed by atoms with Crippen LogP contribution in [0.15, 0.2) is 108 Å². The summed E-state index contributed by atoms with van der Waals surface area (Å²) < 4.78 is 36.2. The lowest BCUT2D eigenvalue weighted by atomic mass is 10.1. The Bertz CT molecular complexity index is 2180. The van der Waals surface area contributed by atoms with Crippen LogP contribution in [-0.2, 0) is 26.0 Å². The van der Waals surface area contributed by atoms with Crippen molar-refractivity contribution >= 4 is 49.6 Å². The van der Waals surface area contributed by atoms with Crippen molar-refractivity contribution in [3.63, 3.8) is 0 Å². The summed E-state index contributed by atoms with van der Waals surface area (Å²) in [5.74, 6) is 0.187. The van der Waals surface area contributed by atoms with E-state index in [0.717, 1.165) is 34.9 Å². The fraction of sp³-hybridized carbons (Fsp3) is 0.200. The molecule has 4 heterocycles. The molecule has 3 aromatic heterocycles. The molecule has 6 aromatic rings. The molecule has 0 radical (unpaired) electrons. The molecule has 49 heavy (non-hydrogen) atoms. The zero-order valence-electron chi connectivity index (χ0n) is 26.5. The largest absolute Gasteiger partial charge is 0.379 e. The molecular formula is C35H34N8O4S2. The van der Waals surface area contributed by atoms with E-state index in [2.05, 4.69) is 25.2 Å². The average Bonchev–Trinajstić information content (AvgIpc) is 3.72. The van der Waals surface area contributed by atoms with Gasteiger partial charge >= 0.3 is 0 Å². The SMILES string of the molecule is O=C(Cc1ccccc1)Nc1cccc(-c2nc3sccn3c2-c2ccnc(Nc3cccc(S(=O)(=O)NCCN4CCOCC4)c3)n2)c1. The summed E-state index contributed by atoms with van der Waals surface area (Å²) in [6, 6.07) is 25.6. The highest BCUT2D eigenvalue weighted by Crippen LogP contribution is 2.35. The Hall–Kier alpha value is -4.99. The van der Waals surface area contributed by atoms with E-state index < -0.39 is 10.0 Å². The normalized spacial score (nSPS) is 13.8. The molecule has 0 bridgehead atoms. The van der Waals surface area contributed by atoms with E-state index in [-0.39, 0.29) is 17.2 Å². The highest BCUT2D eigenvalue weighted by atomic mass is 32.2. The number of imidazole rings is 1. The van der Waals surface area contributed by atoms with Gasteiger partial charge in [-0.2, -0.15) is 0 Å². The van der Waals surface area contributed by atoms with Gasteiger partial charge in [0.05, 0.1) is 35.9 Å². The highest BCUT2D eigenvalue weighted by Gasteiger charge is 2.20. The minimum Gasteiger partial charge on any atom is -0.379 e. The van der Waals surface area contributed by atoms with Crippen LogP contribution in [0.1, 0.15) is 5.56 Å². The smallest absolute Gasteiger partial charge is 0.240 e. The molecule has 1 amide bonds. The number of carbonyl (C=O) groups is 1. The molecule has 14 heteroatoms. The molecule has 0 atom stereocenters. The third-order valence-electron chi connectivity index (χ3n) is 8.01. The van der Waals surface area contributed by atoms with E-state index >= 15 is 0 Å². The van der Waals surface area contributed by atoms with Gasteiger partial charge in [0.2, 0.25) is 21.9 Å². The first-order valence-electron chi connectivity index (χ1n) is 15.8. The number of sulfonamides is 1. The number of hydrogen-bond acceptors (Lipinski definition) is 10. The Morgan fingerprint density at radius 2 is 1.73 bits per heavy atom. The fourth-order valence-electron chi connectivity index (χ4n) is 5.63. The monoisotopic (exact) mass is 694 g/mol. The Labute approximate surface area is 287 Å². The molecule has 1 saturated heterocycles. The van der Waals surface area contributed by atoms with Crippen LogP contribution in [-0.4, -0.2) is 78.0 Å².